The number of rotatable bonds is 6. The van der Waals surface area contributed by atoms with Gasteiger partial charge in [-0.1, -0.05) is 6.92 Å². The van der Waals surface area contributed by atoms with Gasteiger partial charge in [0.1, 0.15) is 0 Å². The van der Waals surface area contributed by atoms with E-state index in [1.165, 1.54) is 0 Å². The summed E-state index contributed by atoms with van der Waals surface area (Å²) in [7, 11) is 0. The van der Waals surface area contributed by atoms with Crippen LogP contribution < -0.4 is 9.47 Å². The van der Waals surface area contributed by atoms with Crippen molar-refractivity contribution in [2.24, 2.45) is 11.8 Å². The van der Waals surface area contributed by atoms with E-state index in [0.717, 1.165) is 24.8 Å². The van der Waals surface area contributed by atoms with E-state index in [4.69, 9.17) is 9.47 Å². The Bertz CT molecular complexity index is 467. The summed E-state index contributed by atoms with van der Waals surface area (Å²) >= 11 is 0. The molecular formula is C17H24O3. The Morgan fingerprint density at radius 1 is 1.15 bits per heavy atom. The van der Waals surface area contributed by atoms with Gasteiger partial charge in [-0.05, 0) is 57.2 Å². The highest BCUT2D eigenvalue weighted by Gasteiger charge is 2.28. The van der Waals surface area contributed by atoms with Crippen LogP contribution in [0.3, 0.4) is 0 Å². The molecule has 1 aliphatic rings. The molecule has 1 aliphatic carbocycles. The molecule has 20 heavy (non-hydrogen) atoms. The lowest BCUT2D eigenvalue weighted by atomic mass is 9.95. The van der Waals surface area contributed by atoms with Crippen LogP contribution in [0.25, 0.3) is 0 Å². The van der Waals surface area contributed by atoms with Gasteiger partial charge >= 0.3 is 0 Å². The summed E-state index contributed by atoms with van der Waals surface area (Å²) in [6.45, 7) is 7.25. The number of hydrogen-bond acceptors (Lipinski definition) is 3. The summed E-state index contributed by atoms with van der Waals surface area (Å²) in [5, 5.41) is 0. The van der Waals surface area contributed by atoms with Crippen LogP contribution >= 0.6 is 0 Å². The Labute approximate surface area is 121 Å². The molecule has 0 aromatic heterocycles. The number of benzene rings is 1. The Balaban J connectivity index is 2.19. The second kappa shape index (κ2) is 6.78. The first kappa shape index (κ1) is 14.9. The van der Waals surface area contributed by atoms with Gasteiger partial charge < -0.3 is 9.47 Å². The highest BCUT2D eigenvalue weighted by atomic mass is 16.5. The van der Waals surface area contributed by atoms with Gasteiger partial charge in [0.2, 0.25) is 0 Å². The largest absolute Gasteiger partial charge is 0.490 e. The van der Waals surface area contributed by atoms with Crippen molar-refractivity contribution in [3.63, 3.8) is 0 Å². The number of carbonyl (C=O) groups excluding carboxylic acids is 1. The number of hydrogen-bond donors (Lipinski definition) is 0. The lowest BCUT2D eigenvalue weighted by molar-refractivity contribution is 0.0920. The molecule has 1 aromatic carbocycles. The van der Waals surface area contributed by atoms with Gasteiger partial charge in [0, 0.05) is 11.5 Å². The molecule has 0 spiro atoms. The second-order valence-corrected chi connectivity index (χ2v) is 5.51. The molecule has 110 valence electrons. The topological polar surface area (TPSA) is 35.5 Å². The molecule has 0 heterocycles. The van der Waals surface area contributed by atoms with E-state index >= 15 is 0 Å². The molecule has 0 bridgehead atoms. The first-order valence-corrected chi connectivity index (χ1v) is 7.59. The summed E-state index contributed by atoms with van der Waals surface area (Å²) in [5.41, 5.74) is 0.746. The molecule has 1 fully saturated rings. The van der Waals surface area contributed by atoms with E-state index in [0.29, 0.717) is 30.6 Å². The Hall–Kier alpha value is -1.51. The van der Waals surface area contributed by atoms with E-state index in [9.17, 15) is 4.79 Å². The zero-order chi connectivity index (χ0) is 14.5. The van der Waals surface area contributed by atoms with Crippen molar-refractivity contribution < 1.29 is 14.3 Å². The predicted octanol–water partition coefficient (Wildman–Crippen LogP) is 4.10. The van der Waals surface area contributed by atoms with E-state index in [1.807, 2.05) is 32.0 Å². The summed E-state index contributed by atoms with van der Waals surface area (Å²) in [6.07, 6.45) is 3.18. The second-order valence-electron chi connectivity index (χ2n) is 5.51. The number of ether oxygens (including phenoxy) is 2. The maximum atomic E-state index is 12.5. The molecule has 1 aromatic rings. The van der Waals surface area contributed by atoms with Gasteiger partial charge in [-0.3, -0.25) is 4.79 Å². The fourth-order valence-corrected chi connectivity index (χ4v) is 2.89. The van der Waals surface area contributed by atoms with Crippen LogP contribution in [0.1, 0.15) is 50.4 Å². The molecular weight excluding hydrogens is 252 g/mol. The molecule has 0 saturated heterocycles. The van der Waals surface area contributed by atoms with Crippen LogP contribution in [-0.4, -0.2) is 19.0 Å². The van der Waals surface area contributed by atoms with Crippen LogP contribution in [0.5, 0.6) is 11.5 Å². The lowest BCUT2D eigenvalue weighted by Gasteiger charge is -2.14. The molecule has 0 radical (unpaired) electrons. The molecule has 3 nitrogen and oxygen atoms in total. The third-order valence-electron chi connectivity index (χ3n) is 3.89. The minimum Gasteiger partial charge on any atom is -0.490 e. The Kier molecular flexibility index (Phi) is 5.05. The average molecular weight is 276 g/mol. The van der Waals surface area contributed by atoms with Crippen molar-refractivity contribution in [3.05, 3.63) is 23.8 Å². The fourth-order valence-electron chi connectivity index (χ4n) is 2.89. The third kappa shape index (κ3) is 3.33. The summed E-state index contributed by atoms with van der Waals surface area (Å²) in [4.78, 5) is 12.5. The van der Waals surface area contributed by atoms with Gasteiger partial charge in [0.25, 0.3) is 0 Å². The Morgan fingerprint density at radius 3 is 2.45 bits per heavy atom. The minimum atomic E-state index is 0.178. The normalized spacial score (nSPS) is 21.8. The quantitative estimate of drug-likeness (QED) is 0.734. The molecule has 0 aliphatic heterocycles. The van der Waals surface area contributed by atoms with Crippen LogP contribution in [-0.2, 0) is 0 Å². The molecule has 2 unspecified atom stereocenters. The first-order valence-electron chi connectivity index (χ1n) is 7.59. The number of Topliss-reactive ketones (excluding diaryl/α,β-unsaturated/α-hetero) is 1. The van der Waals surface area contributed by atoms with Crippen LogP contribution in [0.15, 0.2) is 18.2 Å². The first-order chi connectivity index (χ1) is 9.65. The standard InChI is InChI=1S/C17H24O3/c1-4-19-15-9-8-14(11-16(15)20-5-2)17(18)13-7-6-12(3)10-13/h8-9,11-13H,4-7,10H2,1-3H3. The fraction of sp³-hybridized carbons (Fsp3) is 0.588. The van der Waals surface area contributed by atoms with Crippen LogP contribution in [0.2, 0.25) is 0 Å². The van der Waals surface area contributed by atoms with Gasteiger partial charge in [-0.25, -0.2) is 0 Å². The molecule has 0 N–H and O–H groups in total. The highest BCUT2D eigenvalue weighted by Crippen LogP contribution is 2.35. The van der Waals surface area contributed by atoms with Gasteiger partial charge in [0.15, 0.2) is 17.3 Å². The number of carbonyl (C=O) groups is 1. The summed E-state index contributed by atoms with van der Waals surface area (Å²) in [5.74, 6) is 2.48. The zero-order valence-electron chi connectivity index (χ0n) is 12.6. The van der Waals surface area contributed by atoms with E-state index < -0.39 is 0 Å². The monoisotopic (exact) mass is 276 g/mol. The third-order valence-corrected chi connectivity index (χ3v) is 3.89. The number of ketones is 1. The Morgan fingerprint density at radius 2 is 1.85 bits per heavy atom. The SMILES string of the molecule is CCOc1ccc(C(=O)C2CCC(C)C2)cc1OCC. The van der Waals surface area contributed by atoms with Gasteiger partial charge in [-0.15, -0.1) is 0 Å². The van der Waals surface area contributed by atoms with Crippen molar-refractivity contribution in [2.45, 2.75) is 40.0 Å². The lowest BCUT2D eigenvalue weighted by Crippen LogP contribution is -2.12. The van der Waals surface area contributed by atoms with E-state index in [1.54, 1.807) is 0 Å². The maximum absolute atomic E-state index is 12.5. The van der Waals surface area contributed by atoms with E-state index in [-0.39, 0.29) is 11.7 Å². The molecule has 0 amide bonds. The average Bonchev–Trinajstić information content (AvgIpc) is 2.87. The predicted molar refractivity (Wildman–Crippen MR) is 79.6 cm³/mol. The minimum absolute atomic E-state index is 0.178. The van der Waals surface area contributed by atoms with Gasteiger partial charge in [0.05, 0.1) is 13.2 Å². The maximum Gasteiger partial charge on any atom is 0.166 e. The molecule has 1 saturated carbocycles. The van der Waals surface area contributed by atoms with Crippen molar-refractivity contribution in [1.82, 2.24) is 0 Å². The summed E-state index contributed by atoms with van der Waals surface area (Å²) in [6, 6.07) is 5.54. The van der Waals surface area contributed by atoms with Gasteiger partial charge in [-0.2, -0.15) is 0 Å². The van der Waals surface area contributed by atoms with Crippen molar-refractivity contribution in [1.29, 1.82) is 0 Å². The highest BCUT2D eigenvalue weighted by molar-refractivity contribution is 5.98. The van der Waals surface area contributed by atoms with Crippen molar-refractivity contribution in [3.8, 4) is 11.5 Å². The smallest absolute Gasteiger partial charge is 0.166 e. The molecule has 2 atom stereocenters. The molecule has 3 heteroatoms. The zero-order valence-corrected chi connectivity index (χ0v) is 12.6. The van der Waals surface area contributed by atoms with Crippen molar-refractivity contribution >= 4 is 5.78 Å². The van der Waals surface area contributed by atoms with Crippen molar-refractivity contribution in [2.75, 3.05) is 13.2 Å². The molecule has 2 rings (SSSR count). The van der Waals surface area contributed by atoms with Crippen LogP contribution in [0.4, 0.5) is 0 Å². The summed E-state index contributed by atoms with van der Waals surface area (Å²) < 4.78 is 11.1. The van der Waals surface area contributed by atoms with E-state index in [2.05, 4.69) is 6.92 Å². The van der Waals surface area contributed by atoms with Crippen LogP contribution in [0, 0.1) is 11.8 Å².